The molecule has 0 spiro atoms. The van der Waals surface area contributed by atoms with Gasteiger partial charge in [-0.15, -0.1) is 0 Å². The molecule has 3 amide bonds. The van der Waals surface area contributed by atoms with Crippen molar-refractivity contribution >= 4 is 40.7 Å². The van der Waals surface area contributed by atoms with E-state index in [9.17, 15) is 19.5 Å². The Bertz CT molecular complexity index is 1050. The molecule has 1 heterocycles. The van der Waals surface area contributed by atoms with E-state index in [1.807, 2.05) is 0 Å². The van der Waals surface area contributed by atoms with E-state index in [-0.39, 0.29) is 46.9 Å². The number of carbonyl (C=O) groups is 3. The van der Waals surface area contributed by atoms with Gasteiger partial charge in [0.25, 0.3) is 5.91 Å². The Labute approximate surface area is 171 Å². The highest BCUT2D eigenvalue weighted by Gasteiger charge is 2.59. The lowest BCUT2D eigenvalue weighted by Crippen LogP contribution is -2.32. The molecule has 3 aliphatic rings. The molecule has 29 heavy (non-hydrogen) atoms. The zero-order valence-corrected chi connectivity index (χ0v) is 16.0. The highest BCUT2D eigenvalue weighted by atomic mass is 35.5. The van der Waals surface area contributed by atoms with Gasteiger partial charge in [0.15, 0.2) is 0 Å². The van der Waals surface area contributed by atoms with Gasteiger partial charge in [-0.25, -0.2) is 0 Å². The van der Waals surface area contributed by atoms with Crippen LogP contribution in [0.2, 0.25) is 5.02 Å². The molecule has 7 heteroatoms. The first kappa shape index (κ1) is 17.9. The molecular weight excluding hydrogens is 392 g/mol. The van der Waals surface area contributed by atoms with Crippen molar-refractivity contribution in [3.8, 4) is 5.75 Å². The van der Waals surface area contributed by atoms with Gasteiger partial charge in [0, 0.05) is 10.6 Å². The number of hydrogen-bond donors (Lipinski definition) is 2. The molecule has 6 nitrogen and oxygen atoms in total. The number of nitrogens with zero attached hydrogens (tertiary/aromatic N) is 1. The standard InChI is InChI=1S/C22H17ClN2O4/c23-14-5-8-17(26)16(10-14)24-20(27)11-3-6-15(7-4-11)25-21(28)18-12-1-2-13(9-12)19(18)22(25)29/h1-8,10,12-13,18-19,26H,9H2,(H,24,27). The summed E-state index contributed by atoms with van der Waals surface area (Å²) in [6.07, 6.45) is 4.99. The van der Waals surface area contributed by atoms with Crippen LogP contribution in [0.15, 0.2) is 54.6 Å². The van der Waals surface area contributed by atoms with E-state index in [0.717, 1.165) is 6.42 Å². The van der Waals surface area contributed by atoms with Gasteiger partial charge in [-0.2, -0.15) is 0 Å². The number of fused-ring (bicyclic) bond motifs is 5. The summed E-state index contributed by atoms with van der Waals surface area (Å²) in [7, 11) is 0. The first-order valence-corrected chi connectivity index (χ1v) is 9.78. The predicted molar refractivity (Wildman–Crippen MR) is 108 cm³/mol. The Morgan fingerprint density at radius 3 is 2.24 bits per heavy atom. The van der Waals surface area contributed by atoms with Crippen LogP contribution in [0.1, 0.15) is 16.8 Å². The number of aromatic hydroxyl groups is 1. The van der Waals surface area contributed by atoms with Crippen molar-refractivity contribution in [2.45, 2.75) is 6.42 Å². The normalized spacial score (nSPS) is 26.9. The molecule has 4 atom stereocenters. The van der Waals surface area contributed by atoms with Crippen molar-refractivity contribution in [2.24, 2.45) is 23.7 Å². The Morgan fingerprint density at radius 1 is 1.00 bits per heavy atom. The van der Waals surface area contributed by atoms with E-state index in [0.29, 0.717) is 16.3 Å². The minimum Gasteiger partial charge on any atom is -0.506 e. The lowest BCUT2D eigenvalue weighted by molar-refractivity contribution is -0.123. The van der Waals surface area contributed by atoms with E-state index in [2.05, 4.69) is 17.5 Å². The summed E-state index contributed by atoms with van der Waals surface area (Å²) in [5, 5.41) is 12.8. The SMILES string of the molecule is O=C(Nc1cc(Cl)ccc1O)c1ccc(N2C(=O)C3C4C=CC(C4)C3C2=O)cc1. The third-order valence-electron chi connectivity index (χ3n) is 6.06. The van der Waals surface area contributed by atoms with Crippen molar-refractivity contribution in [1.29, 1.82) is 0 Å². The number of hydrogen-bond acceptors (Lipinski definition) is 4. The maximum Gasteiger partial charge on any atom is 0.255 e. The third kappa shape index (κ3) is 2.75. The van der Waals surface area contributed by atoms with Gasteiger partial charge in [-0.05, 0) is 60.7 Å². The first-order chi connectivity index (χ1) is 13.9. The topological polar surface area (TPSA) is 86.7 Å². The largest absolute Gasteiger partial charge is 0.506 e. The second kappa shape index (κ2) is 6.46. The van der Waals surface area contributed by atoms with E-state index in [4.69, 9.17) is 11.6 Å². The molecule has 4 unspecified atom stereocenters. The summed E-state index contributed by atoms with van der Waals surface area (Å²) in [5.41, 5.74) is 0.998. The van der Waals surface area contributed by atoms with Gasteiger partial charge in [-0.3, -0.25) is 19.3 Å². The van der Waals surface area contributed by atoms with E-state index < -0.39 is 5.91 Å². The van der Waals surface area contributed by atoms with Crippen LogP contribution in [0.5, 0.6) is 5.75 Å². The maximum absolute atomic E-state index is 12.9. The van der Waals surface area contributed by atoms with Crippen LogP contribution in [-0.2, 0) is 9.59 Å². The number of benzene rings is 2. The lowest BCUT2D eigenvalue weighted by atomic mass is 9.85. The lowest BCUT2D eigenvalue weighted by Gasteiger charge is -2.17. The number of amides is 3. The number of phenolic OH excluding ortho intramolecular Hbond substituents is 1. The predicted octanol–water partition coefficient (Wildman–Crippen LogP) is 3.61. The van der Waals surface area contributed by atoms with Crippen molar-refractivity contribution in [3.05, 3.63) is 65.2 Å². The third-order valence-corrected chi connectivity index (χ3v) is 6.30. The maximum atomic E-state index is 12.9. The van der Waals surface area contributed by atoms with Crippen LogP contribution in [0, 0.1) is 23.7 Å². The van der Waals surface area contributed by atoms with Crippen LogP contribution in [0.4, 0.5) is 11.4 Å². The van der Waals surface area contributed by atoms with E-state index in [1.165, 1.54) is 23.1 Å². The molecule has 5 rings (SSSR count). The van der Waals surface area contributed by atoms with Gasteiger partial charge < -0.3 is 10.4 Å². The van der Waals surface area contributed by atoms with Crippen molar-refractivity contribution < 1.29 is 19.5 Å². The quantitative estimate of drug-likeness (QED) is 0.461. The molecule has 1 saturated heterocycles. The van der Waals surface area contributed by atoms with Crippen LogP contribution < -0.4 is 10.2 Å². The summed E-state index contributed by atoms with van der Waals surface area (Å²) in [6, 6.07) is 10.7. The van der Waals surface area contributed by atoms with Gasteiger partial charge in [-0.1, -0.05) is 23.8 Å². The number of rotatable bonds is 3. The van der Waals surface area contributed by atoms with Crippen molar-refractivity contribution in [3.63, 3.8) is 0 Å². The van der Waals surface area contributed by atoms with Gasteiger partial charge in [0.2, 0.25) is 11.8 Å². The second-order valence-corrected chi connectivity index (χ2v) is 8.11. The molecule has 2 aromatic carbocycles. The molecular formula is C22H17ClN2O4. The van der Waals surface area contributed by atoms with Crippen molar-refractivity contribution in [2.75, 3.05) is 10.2 Å². The summed E-state index contributed by atoms with van der Waals surface area (Å²) in [6.45, 7) is 0. The smallest absolute Gasteiger partial charge is 0.255 e. The Morgan fingerprint density at radius 2 is 1.62 bits per heavy atom. The van der Waals surface area contributed by atoms with Gasteiger partial charge in [0.1, 0.15) is 5.75 Å². The van der Waals surface area contributed by atoms with E-state index in [1.54, 1.807) is 24.3 Å². The molecule has 2 N–H and O–H groups in total. The van der Waals surface area contributed by atoms with Gasteiger partial charge in [0.05, 0.1) is 23.2 Å². The summed E-state index contributed by atoms with van der Waals surface area (Å²) in [4.78, 5) is 39.5. The minimum atomic E-state index is -0.438. The number of imide groups is 1. The Kier molecular flexibility index (Phi) is 3.99. The number of phenols is 1. The van der Waals surface area contributed by atoms with Crippen LogP contribution >= 0.6 is 11.6 Å². The van der Waals surface area contributed by atoms with Crippen molar-refractivity contribution in [1.82, 2.24) is 0 Å². The first-order valence-electron chi connectivity index (χ1n) is 9.40. The number of halogens is 1. The summed E-state index contributed by atoms with van der Waals surface area (Å²) >= 11 is 5.90. The fraction of sp³-hybridized carbons (Fsp3) is 0.227. The molecule has 1 aliphatic heterocycles. The highest BCUT2D eigenvalue weighted by Crippen LogP contribution is 2.53. The fourth-order valence-corrected chi connectivity index (χ4v) is 4.89. The zero-order chi connectivity index (χ0) is 20.3. The number of anilines is 2. The minimum absolute atomic E-state index is 0.0950. The van der Waals surface area contributed by atoms with E-state index >= 15 is 0 Å². The average molecular weight is 409 g/mol. The molecule has 0 aromatic heterocycles. The molecule has 2 fully saturated rings. The number of allylic oxidation sites excluding steroid dienone is 2. The Balaban J connectivity index is 1.36. The van der Waals surface area contributed by atoms with Crippen LogP contribution in [0.25, 0.3) is 0 Å². The molecule has 2 bridgehead atoms. The van der Waals surface area contributed by atoms with Gasteiger partial charge >= 0.3 is 0 Å². The molecule has 1 saturated carbocycles. The molecule has 2 aromatic rings. The van der Waals surface area contributed by atoms with Crippen LogP contribution in [-0.4, -0.2) is 22.8 Å². The van der Waals surface area contributed by atoms with Crippen LogP contribution in [0.3, 0.4) is 0 Å². The monoisotopic (exact) mass is 408 g/mol. The Hall–Kier alpha value is -3.12. The number of nitrogens with one attached hydrogen (secondary N) is 1. The fourth-order valence-electron chi connectivity index (χ4n) is 4.72. The highest BCUT2D eigenvalue weighted by molar-refractivity contribution is 6.31. The molecule has 146 valence electrons. The second-order valence-electron chi connectivity index (χ2n) is 7.67. The summed E-state index contributed by atoms with van der Waals surface area (Å²) < 4.78 is 0. The average Bonchev–Trinajstić information content (AvgIpc) is 3.39. The zero-order valence-electron chi connectivity index (χ0n) is 15.2. The molecule has 0 radical (unpaired) electrons. The number of carbonyl (C=O) groups excluding carboxylic acids is 3. The molecule has 2 aliphatic carbocycles. The summed E-state index contributed by atoms with van der Waals surface area (Å²) in [5.74, 6) is -1.05.